The smallest absolute Gasteiger partial charge is 0.143 e. The lowest BCUT2D eigenvalue weighted by Gasteiger charge is -2.07. The van der Waals surface area contributed by atoms with Crippen LogP contribution in [0, 0.1) is 4.51 Å². The van der Waals surface area contributed by atoms with Gasteiger partial charge in [0.15, 0.2) is 0 Å². The summed E-state index contributed by atoms with van der Waals surface area (Å²) in [4.78, 5) is 0. The Morgan fingerprint density at radius 3 is 2.33 bits per heavy atom. The molecule has 0 aliphatic carbocycles. The predicted molar refractivity (Wildman–Crippen MR) is 90.0 cm³/mol. The number of benzene rings is 3. The fourth-order valence-corrected chi connectivity index (χ4v) is 2.90. The maximum atomic E-state index is 6.18. The molecular formula is C19H12OS. The summed E-state index contributed by atoms with van der Waals surface area (Å²) in [7, 11) is 0. The minimum atomic E-state index is 0.810. The van der Waals surface area contributed by atoms with E-state index < -0.39 is 0 Å². The van der Waals surface area contributed by atoms with Gasteiger partial charge in [0.2, 0.25) is 0 Å². The van der Waals surface area contributed by atoms with Gasteiger partial charge >= 0.3 is 0 Å². The molecule has 0 atom stereocenters. The molecule has 0 fully saturated rings. The normalized spacial score (nSPS) is 11.0. The fourth-order valence-electron chi connectivity index (χ4n) is 2.63. The minimum absolute atomic E-state index is 0.810. The van der Waals surface area contributed by atoms with Crippen molar-refractivity contribution in [2.24, 2.45) is 0 Å². The van der Waals surface area contributed by atoms with Gasteiger partial charge in [-0.2, -0.15) is 0 Å². The highest BCUT2D eigenvalue weighted by Gasteiger charge is 2.07. The Morgan fingerprint density at radius 2 is 1.48 bits per heavy atom. The van der Waals surface area contributed by atoms with Crippen molar-refractivity contribution in [2.45, 2.75) is 0 Å². The van der Waals surface area contributed by atoms with Gasteiger partial charge < -0.3 is 4.42 Å². The molecule has 2 heteroatoms. The molecule has 0 saturated heterocycles. The minimum Gasteiger partial charge on any atom is -0.455 e. The molecule has 4 aromatic rings. The number of hydrogen-bond donors (Lipinski definition) is 0. The Balaban J connectivity index is 2.13. The molecule has 0 bridgehead atoms. The molecule has 0 N–H and O–H groups in total. The van der Waals surface area contributed by atoms with Crippen LogP contribution in [0.15, 0.2) is 77.2 Å². The van der Waals surface area contributed by atoms with Crippen LogP contribution in [0.4, 0.5) is 0 Å². The molecule has 100 valence electrons. The Labute approximate surface area is 127 Å². The third-order valence-electron chi connectivity index (χ3n) is 3.68. The van der Waals surface area contributed by atoms with E-state index in [9.17, 15) is 0 Å². The molecule has 0 aliphatic rings. The van der Waals surface area contributed by atoms with Gasteiger partial charge in [0, 0.05) is 22.4 Å². The Kier molecular flexibility index (Phi) is 2.83. The van der Waals surface area contributed by atoms with Gasteiger partial charge in [-0.05, 0) is 11.5 Å². The zero-order valence-corrected chi connectivity index (χ0v) is 12.1. The molecule has 0 saturated carbocycles. The maximum Gasteiger partial charge on any atom is 0.143 e. The van der Waals surface area contributed by atoms with Crippen LogP contribution >= 0.6 is 12.2 Å². The van der Waals surface area contributed by atoms with E-state index in [0.717, 1.165) is 37.6 Å². The molecule has 0 spiro atoms. The number of rotatable bonds is 1. The summed E-state index contributed by atoms with van der Waals surface area (Å²) in [6, 6.07) is 24.3. The second kappa shape index (κ2) is 4.83. The maximum absolute atomic E-state index is 6.18. The van der Waals surface area contributed by atoms with E-state index in [2.05, 4.69) is 18.2 Å². The van der Waals surface area contributed by atoms with Crippen LogP contribution in [0.3, 0.4) is 0 Å². The van der Waals surface area contributed by atoms with E-state index in [1.807, 2.05) is 54.6 Å². The summed E-state index contributed by atoms with van der Waals surface area (Å²) in [6.45, 7) is 0. The summed E-state index contributed by atoms with van der Waals surface area (Å²) >= 11 is 5.54. The molecule has 0 radical (unpaired) electrons. The van der Waals surface area contributed by atoms with Crippen molar-refractivity contribution in [1.29, 1.82) is 0 Å². The molecule has 0 unspecified atom stereocenters. The summed E-state index contributed by atoms with van der Waals surface area (Å²) in [5, 5.41) is 3.25. The predicted octanol–water partition coefficient (Wildman–Crippen LogP) is 5.98. The molecule has 0 aliphatic heterocycles. The zero-order chi connectivity index (χ0) is 14.2. The summed E-state index contributed by atoms with van der Waals surface area (Å²) in [5.41, 5.74) is 1.90. The van der Waals surface area contributed by atoms with Crippen LogP contribution in [-0.4, -0.2) is 0 Å². The Bertz CT molecular complexity index is 1000. The average molecular weight is 288 g/mol. The second-order valence-corrected chi connectivity index (χ2v) is 5.44. The lowest BCUT2D eigenvalue weighted by atomic mass is 10.1. The van der Waals surface area contributed by atoms with E-state index in [4.69, 9.17) is 16.6 Å². The highest BCUT2D eigenvalue weighted by atomic mass is 32.1. The first kappa shape index (κ1) is 12.3. The van der Waals surface area contributed by atoms with Gasteiger partial charge in [0.1, 0.15) is 11.3 Å². The Hall–Kier alpha value is -2.45. The van der Waals surface area contributed by atoms with Crippen molar-refractivity contribution in [3.63, 3.8) is 0 Å². The van der Waals surface area contributed by atoms with E-state index in [1.165, 1.54) is 0 Å². The van der Waals surface area contributed by atoms with E-state index in [-0.39, 0.29) is 0 Å². The van der Waals surface area contributed by atoms with E-state index in [0.29, 0.717) is 0 Å². The first-order chi connectivity index (χ1) is 10.3. The van der Waals surface area contributed by atoms with E-state index in [1.54, 1.807) is 0 Å². The average Bonchev–Trinajstić information content (AvgIpc) is 2.55. The van der Waals surface area contributed by atoms with Crippen LogP contribution in [-0.2, 0) is 0 Å². The molecule has 0 amide bonds. The number of fused-ring (bicyclic) bond motifs is 3. The quantitative estimate of drug-likeness (QED) is 0.315. The molecule has 1 aromatic heterocycles. The number of hydrogen-bond acceptors (Lipinski definition) is 2. The molecule has 21 heavy (non-hydrogen) atoms. The van der Waals surface area contributed by atoms with Crippen LogP contribution in [0.25, 0.3) is 33.1 Å². The molecule has 1 heterocycles. The summed E-state index contributed by atoms with van der Waals surface area (Å²) in [5.74, 6) is 0.810. The molecule has 1 nitrogen and oxygen atoms in total. The summed E-state index contributed by atoms with van der Waals surface area (Å²) in [6.07, 6.45) is 0. The second-order valence-electron chi connectivity index (χ2n) is 5.00. The largest absolute Gasteiger partial charge is 0.455 e. The molecule has 3 aromatic carbocycles. The lowest BCUT2D eigenvalue weighted by Crippen LogP contribution is -1.82. The van der Waals surface area contributed by atoms with Gasteiger partial charge in [0.25, 0.3) is 0 Å². The Morgan fingerprint density at radius 1 is 0.714 bits per heavy atom. The monoisotopic (exact) mass is 288 g/mol. The third-order valence-corrected chi connectivity index (χ3v) is 4.02. The van der Waals surface area contributed by atoms with Gasteiger partial charge in [0.05, 0.1) is 4.51 Å². The first-order valence-electron chi connectivity index (χ1n) is 6.84. The van der Waals surface area contributed by atoms with Crippen molar-refractivity contribution in [1.82, 2.24) is 0 Å². The van der Waals surface area contributed by atoms with Crippen LogP contribution in [0.2, 0.25) is 0 Å². The fraction of sp³-hybridized carbons (Fsp3) is 0. The molecular weight excluding hydrogens is 276 g/mol. The van der Waals surface area contributed by atoms with Gasteiger partial charge in [-0.25, -0.2) is 0 Å². The zero-order valence-electron chi connectivity index (χ0n) is 11.2. The van der Waals surface area contributed by atoms with Gasteiger partial charge in [-0.15, -0.1) is 0 Å². The van der Waals surface area contributed by atoms with Crippen LogP contribution in [0.1, 0.15) is 0 Å². The van der Waals surface area contributed by atoms with Crippen molar-refractivity contribution in [2.75, 3.05) is 0 Å². The van der Waals surface area contributed by atoms with Crippen molar-refractivity contribution >= 4 is 34.0 Å². The van der Waals surface area contributed by atoms with Gasteiger partial charge in [-0.1, -0.05) is 72.9 Å². The first-order valence-corrected chi connectivity index (χ1v) is 7.25. The van der Waals surface area contributed by atoms with Gasteiger partial charge in [-0.3, -0.25) is 0 Å². The van der Waals surface area contributed by atoms with Crippen molar-refractivity contribution in [3.05, 3.63) is 77.3 Å². The lowest BCUT2D eigenvalue weighted by molar-refractivity contribution is 0.623. The highest BCUT2D eigenvalue weighted by molar-refractivity contribution is 7.71. The van der Waals surface area contributed by atoms with Crippen LogP contribution in [0.5, 0.6) is 0 Å². The SMILES string of the molecule is S=c1cc(-c2ccccc2)oc2c1ccc1ccccc12. The highest BCUT2D eigenvalue weighted by Crippen LogP contribution is 2.30. The van der Waals surface area contributed by atoms with Crippen LogP contribution < -0.4 is 0 Å². The third kappa shape index (κ3) is 2.05. The molecule has 4 rings (SSSR count). The topological polar surface area (TPSA) is 13.1 Å². The summed E-state index contributed by atoms with van der Waals surface area (Å²) < 4.78 is 7.00. The van der Waals surface area contributed by atoms with E-state index >= 15 is 0 Å². The van der Waals surface area contributed by atoms with Crippen molar-refractivity contribution < 1.29 is 4.42 Å². The standard InChI is InChI=1S/C19H12OS/c21-18-12-17(14-7-2-1-3-8-14)20-19-15-9-5-4-6-13(15)10-11-16(18)19/h1-12H. The van der Waals surface area contributed by atoms with Crippen molar-refractivity contribution in [3.8, 4) is 11.3 Å².